The Kier molecular flexibility index (Phi) is 7.71. The van der Waals surface area contributed by atoms with E-state index in [9.17, 15) is 0 Å². The van der Waals surface area contributed by atoms with Gasteiger partial charge in [0.1, 0.15) is 0 Å². The first kappa shape index (κ1) is 25.5. The summed E-state index contributed by atoms with van der Waals surface area (Å²) in [6.45, 7) is 19.6. The second-order valence-electron chi connectivity index (χ2n) is 9.96. The van der Waals surface area contributed by atoms with E-state index in [1.807, 2.05) is 0 Å². The van der Waals surface area contributed by atoms with Gasteiger partial charge in [0, 0.05) is 0 Å². The molecule has 0 amide bonds. The number of hydrogen-bond acceptors (Lipinski definition) is 3. The Morgan fingerprint density at radius 3 is 1.66 bits per heavy atom. The van der Waals surface area contributed by atoms with E-state index in [2.05, 4.69) is 118 Å². The van der Waals surface area contributed by atoms with Gasteiger partial charge in [-0.1, -0.05) is 0 Å². The standard InChI is InChI=1S/C21H26N2.C10H12O.Ru/c1-14-9-16(3)20(17(4)10-14)22-7-8-23(13-22)21-18(5)11-15(2)12-19(21)6;1-8(2)11-10-7-5-4-6-9(10)3;/h9-12H,7-8H2,1-6H3;3-8H,1-2H3;. The third kappa shape index (κ3) is 5.49. The SMILES string of the molecule is Cc1cc(C)c(N2CCN(c3c(C)cc(C)cc3C)[C]2=[Ru]=[CH]c2ccccc2OC(C)C)c(C)c1. The maximum atomic E-state index is 6.13. The van der Waals surface area contributed by atoms with E-state index in [1.165, 1.54) is 54.7 Å². The maximum absolute atomic E-state index is 6.13. The number of rotatable bonds is 5. The van der Waals surface area contributed by atoms with E-state index >= 15 is 0 Å². The number of nitrogens with zero attached hydrogens (tertiary/aromatic N) is 2. The van der Waals surface area contributed by atoms with Crippen molar-refractivity contribution >= 4 is 20.3 Å². The quantitative estimate of drug-likeness (QED) is 0.327. The number of aryl methyl sites for hydroxylation is 6. The molecule has 4 rings (SSSR count). The normalized spacial score (nSPS) is 13.7. The van der Waals surface area contributed by atoms with Crippen molar-refractivity contribution in [2.24, 2.45) is 0 Å². The molecule has 0 N–H and O–H groups in total. The first-order valence-electron chi connectivity index (χ1n) is 12.4. The van der Waals surface area contributed by atoms with Gasteiger partial charge in [-0.25, -0.2) is 0 Å². The van der Waals surface area contributed by atoms with Gasteiger partial charge in [-0.2, -0.15) is 0 Å². The van der Waals surface area contributed by atoms with Gasteiger partial charge in [0.2, 0.25) is 0 Å². The molecule has 3 aromatic rings. The van der Waals surface area contributed by atoms with Crippen LogP contribution in [0, 0.1) is 41.5 Å². The molecule has 0 saturated carbocycles. The molecule has 1 aliphatic heterocycles. The third-order valence-electron chi connectivity index (χ3n) is 6.32. The van der Waals surface area contributed by atoms with Gasteiger partial charge in [-0.05, 0) is 0 Å². The zero-order chi connectivity index (χ0) is 25.3. The second-order valence-corrected chi connectivity index (χ2v) is 11.7. The van der Waals surface area contributed by atoms with Crippen molar-refractivity contribution in [3.63, 3.8) is 0 Å². The summed E-state index contributed by atoms with van der Waals surface area (Å²) in [5, 5.41) is 0. The molecule has 0 aliphatic carbocycles. The molecule has 0 bridgehead atoms. The fraction of sp³-hybridized carbons (Fsp3) is 0.355. The molecule has 3 aromatic carbocycles. The Bertz CT molecular complexity index is 1200. The average molecular weight is 556 g/mol. The van der Waals surface area contributed by atoms with Gasteiger partial charge >= 0.3 is 219 Å². The van der Waals surface area contributed by atoms with Crippen LogP contribution in [0.3, 0.4) is 0 Å². The Morgan fingerprint density at radius 1 is 0.743 bits per heavy atom. The number of anilines is 2. The molecule has 0 aromatic heterocycles. The van der Waals surface area contributed by atoms with Gasteiger partial charge in [0.15, 0.2) is 0 Å². The monoisotopic (exact) mass is 556 g/mol. The van der Waals surface area contributed by atoms with Crippen LogP contribution in [0.1, 0.15) is 52.8 Å². The van der Waals surface area contributed by atoms with Crippen LogP contribution in [-0.2, 0) is 16.2 Å². The first-order valence-corrected chi connectivity index (χ1v) is 14.3. The topological polar surface area (TPSA) is 15.7 Å². The summed E-state index contributed by atoms with van der Waals surface area (Å²) in [5.41, 5.74) is 12.0. The van der Waals surface area contributed by atoms with Crippen LogP contribution in [0.25, 0.3) is 0 Å². The second kappa shape index (κ2) is 10.6. The molecule has 1 fully saturated rings. The predicted molar refractivity (Wildman–Crippen MR) is 148 cm³/mol. The van der Waals surface area contributed by atoms with E-state index in [1.54, 1.807) is 0 Å². The third-order valence-corrected chi connectivity index (χ3v) is 8.50. The average Bonchev–Trinajstić information content (AvgIpc) is 3.14. The molecule has 35 heavy (non-hydrogen) atoms. The summed E-state index contributed by atoms with van der Waals surface area (Å²) < 4.78 is 9.97. The summed E-state index contributed by atoms with van der Waals surface area (Å²) in [6, 6.07) is 17.7. The van der Waals surface area contributed by atoms with Crippen LogP contribution in [0.5, 0.6) is 5.75 Å². The Morgan fingerprint density at radius 2 is 1.20 bits per heavy atom. The molecule has 1 saturated heterocycles. The summed E-state index contributed by atoms with van der Waals surface area (Å²) >= 11 is -0.205. The van der Waals surface area contributed by atoms with Gasteiger partial charge < -0.3 is 0 Å². The molecule has 0 spiro atoms. The Balaban J connectivity index is 1.91. The minimum absolute atomic E-state index is 0.156. The molecular weight excluding hydrogens is 517 g/mol. The zero-order valence-electron chi connectivity index (χ0n) is 22.3. The van der Waals surface area contributed by atoms with E-state index < -0.39 is 0 Å². The van der Waals surface area contributed by atoms with Crippen molar-refractivity contribution in [3.8, 4) is 5.75 Å². The van der Waals surface area contributed by atoms with Crippen LogP contribution in [0.4, 0.5) is 11.4 Å². The van der Waals surface area contributed by atoms with E-state index in [0.29, 0.717) is 0 Å². The molecule has 186 valence electrons. The van der Waals surface area contributed by atoms with Crippen LogP contribution >= 0.6 is 0 Å². The fourth-order valence-corrected chi connectivity index (χ4v) is 7.49. The van der Waals surface area contributed by atoms with Gasteiger partial charge in [-0.3, -0.25) is 0 Å². The summed E-state index contributed by atoms with van der Waals surface area (Å²) in [5.74, 6) is 0.971. The van der Waals surface area contributed by atoms with E-state index in [0.717, 1.165) is 18.8 Å². The first-order chi connectivity index (χ1) is 16.7. The van der Waals surface area contributed by atoms with Gasteiger partial charge in [0.25, 0.3) is 0 Å². The molecule has 1 heterocycles. The van der Waals surface area contributed by atoms with Crippen LogP contribution in [0.2, 0.25) is 0 Å². The molecule has 1 aliphatic rings. The Labute approximate surface area is 218 Å². The van der Waals surface area contributed by atoms with E-state index in [-0.39, 0.29) is 22.3 Å². The number of benzene rings is 3. The van der Waals surface area contributed by atoms with Crippen molar-refractivity contribution < 1.29 is 21.0 Å². The summed E-state index contributed by atoms with van der Waals surface area (Å²) in [7, 11) is 0. The van der Waals surface area contributed by atoms with E-state index in [4.69, 9.17) is 4.74 Å². The molecule has 0 radical (unpaired) electrons. The van der Waals surface area contributed by atoms with Crippen LogP contribution in [0.15, 0.2) is 48.5 Å². The summed E-state index contributed by atoms with van der Waals surface area (Å²) in [4.78, 5) is 5.17. The van der Waals surface area contributed by atoms with Gasteiger partial charge in [-0.15, -0.1) is 0 Å². The molecule has 0 unspecified atom stereocenters. The fourth-order valence-electron chi connectivity index (χ4n) is 5.26. The zero-order valence-corrected chi connectivity index (χ0v) is 24.1. The minimum atomic E-state index is -0.205. The van der Waals surface area contributed by atoms with Crippen molar-refractivity contribution in [2.75, 3.05) is 22.9 Å². The van der Waals surface area contributed by atoms with Crippen molar-refractivity contribution in [2.45, 2.75) is 61.5 Å². The van der Waals surface area contributed by atoms with Crippen LogP contribution in [-0.4, -0.2) is 28.2 Å². The summed E-state index contributed by atoms with van der Waals surface area (Å²) in [6.07, 6.45) is 0.156. The van der Waals surface area contributed by atoms with Crippen molar-refractivity contribution in [1.82, 2.24) is 0 Å². The molecule has 0 atom stereocenters. The number of hydrogen-bond donors (Lipinski definition) is 0. The Hall–Kier alpha value is -2.58. The predicted octanol–water partition coefficient (Wildman–Crippen LogP) is 6.67. The molecule has 4 heteroatoms. The van der Waals surface area contributed by atoms with Crippen molar-refractivity contribution in [3.05, 3.63) is 87.5 Å². The molecular formula is C31H38N2ORu. The number of para-hydroxylation sites is 1. The number of ether oxygens (including phenoxy) is 1. The van der Waals surface area contributed by atoms with Crippen molar-refractivity contribution in [1.29, 1.82) is 0 Å². The molecule has 3 nitrogen and oxygen atoms in total. The van der Waals surface area contributed by atoms with Gasteiger partial charge in [0.05, 0.1) is 0 Å². The van der Waals surface area contributed by atoms with Crippen LogP contribution < -0.4 is 14.5 Å².